The zero-order valence-electron chi connectivity index (χ0n) is 11.9. The van der Waals surface area contributed by atoms with Gasteiger partial charge in [0.2, 0.25) is 0 Å². The first-order valence-corrected chi connectivity index (χ1v) is 6.70. The van der Waals surface area contributed by atoms with Crippen LogP contribution in [0.4, 0.5) is 15.8 Å². The first-order chi connectivity index (χ1) is 9.40. The molecule has 20 heavy (non-hydrogen) atoms. The number of halogens is 1. The Bertz CT molecular complexity index is 518. The predicted octanol–water partition coefficient (Wildman–Crippen LogP) is 1.04. The molecule has 2 rings (SSSR count). The summed E-state index contributed by atoms with van der Waals surface area (Å²) in [6, 6.07) is 2.89. The number of nitrogens with two attached hydrogens (primary N) is 2. The van der Waals surface area contributed by atoms with E-state index < -0.39 is 11.7 Å². The lowest BCUT2D eigenvalue weighted by atomic mass is 10.1. The number of primary amides is 1. The molecular weight excluding hydrogens is 259 g/mol. The maximum atomic E-state index is 14.2. The van der Waals surface area contributed by atoms with E-state index in [1.165, 1.54) is 12.1 Å². The van der Waals surface area contributed by atoms with Gasteiger partial charge in [-0.2, -0.15) is 0 Å². The lowest BCUT2D eigenvalue weighted by Gasteiger charge is -2.29. The van der Waals surface area contributed by atoms with Gasteiger partial charge in [-0.05, 0) is 39.1 Å². The Labute approximate surface area is 118 Å². The molecule has 1 aromatic carbocycles. The van der Waals surface area contributed by atoms with Crippen LogP contribution in [0.3, 0.4) is 0 Å². The molecule has 0 aliphatic carbocycles. The Morgan fingerprint density at radius 3 is 2.80 bits per heavy atom. The average molecular weight is 280 g/mol. The van der Waals surface area contributed by atoms with E-state index in [-0.39, 0.29) is 17.3 Å². The highest BCUT2D eigenvalue weighted by atomic mass is 19.1. The van der Waals surface area contributed by atoms with Crippen molar-refractivity contribution in [3.8, 4) is 0 Å². The highest BCUT2D eigenvalue weighted by molar-refractivity contribution is 5.99. The van der Waals surface area contributed by atoms with Crippen molar-refractivity contribution in [3.63, 3.8) is 0 Å². The lowest BCUT2D eigenvalue weighted by Crippen LogP contribution is -2.38. The van der Waals surface area contributed by atoms with Gasteiger partial charge in [-0.15, -0.1) is 0 Å². The fourth-order valence-electron chi connectivity index (χ4n) is 2.77. The van der Waals surface area contributed by atoms with E-state index in [4.69, 9.17) is 11.5 Å². The number of hydrogen-bond acceptors (Lipinski definition) is 4. The largest absolute Gasteiger partial charge is 0.398 e. The minimum absolute atomic E-state index is 0.0853. The molecule has 1 heterocycles. The molecule has 1 unspecified atom stereocenters. The number of likely N-dealkylation sites (N-methyl/N-ethyl adjacent to an activating group) is 1. The zero-order chi connectivity index (χ0) is 14.9. The predicted molar refractivity (Wildman–Crippen MR) is 78.3 cm³/mol. The smallest absolute Gasteiger partial charge is 0.250 e. The number of carbonyl (C=O) groups excluding carboxylic acids is 1. The molecular formula is C14H21FN4O. The lowest BCUT2D eigenvalue weighted by molar-refractivity contribution is 0.100. The van der Waals surface area contributed by atoms with E-state index in [1.807, 2.05) is 19.0 Å². The Morgan fingerprint density at radius 2 is 2.20 bits per heavy atom. The van der Waals surface area contributed by atoms with Gasteiger partial charge < -0.3 is 21.3 Å². The van der Waals surface area contributed by atoms with Gasteiger partial charge in [0.1, 0.15) is 5.82 Å². The van der Waals surface area contributed by atoms with Crippen LogP contribution in [0.15, 0.2) is 12.1 Å². The molecule has 0 radical (unpaired) electrons. The Kier molecular flexibility index (Phi) is 4.13. The number of rotatable bonds is 4. The first kappa shape index (κ1) is 14.6. The Balaban J connectivity index is 2.36. The van der Waals surface area contributed by atoms with Gasteiger partial charge in [0, 0.05) is 24.8 Å². The average Bonchev–Trinajstić information content (AvgIpc) is 2.75. The number of benzene rings is 1. The van der Waals surface area contributed by atoms with Crippen molar-refractivity contribution in [1.29, 1.82) is 0 Å². The highest BCUT2D eigenvalue weighted by Crippen LogP contribution is 2.31. The van der Waals surface area contributed by atoms with Crippen molar-refractivity contribution < 1.29 is 9.18 Å². The topological polar surface area (TPSA) is 75.6 Å². The van der Waals surface area contributed by atoms with Crippen LogP contribution in [-0.2, 0) is 0 Å². The fourth-order valence-corrected chi connectivity index (χ4v) is 2.77. The van der Waals surface area contributed by atoms with Crippen molar-refractivity contribution in [1.82, 2.24) is 4.90 Å². The third kappa shape index (κ3) is 2.85. The molecule has 1 aromatic rings. The van der Waals surface area contributed by atoms with Crippen LogP contribution >= 0.6 is 0 Å². The van der Waals surface area contributed by atoms with Gasteiger partial charge in [0.25, 0.3) is 5.91 Å². The zero-order valence-corrected chi connectivity index (χ0v) is 11.9. The SMILES string of the molecule is CN(C)CC1CCCN1c1cc(C(N)=O)c(N)cc1F. The van der Waals surface area contributed by atoms with Crippen LogP contribution in [0.2, 0.25) is 0 Å². The molecule has 0 spiro atoms. The molecule has 1 fully saturated rings. The maximum absolute atomic E-state index is 14.2. The minimum Gasteiger partial charge on any atom is -0.398 e. The summed E-state index contributed by atoms with van der Waals surface area (Å²) in [5.41, 5.74) is 11.6. The normalized spacial score (nSPS) is 18.8. The monoisotopic (exact) mass is 280 g/mol. The molecule has 1 saturated heterocycles. The summed E-state index contributed by atoms with van der Waals surface area (Å²) in [5, 5.41) is 0. The molecule has 1 amide bonds. The van der Waals surface area contributed by atoms with Gasteiger partial charge in [0.05, 0.1) is 11.3 Å². The van der Waals surface area contributed by atoms with E-state index in [9.17, 15) is 9.18 Å². The first-order valence-electron chi connectivity index (χ1n) is 6.70. The molecule has 5 nitrogen and oxygen atoms in total. The standard InChI is InChI=1S/C14H21FN4O/c1-18(2)8-9-4-3-5-19(9)13-6-10(14(17)20)12(16)7-11(13)15/h6-7,9H,3-5,8,16H2,1-2H3,(H2,17,20). The summed E-state index contributed by atoms with van der Waals surface area (Å²) in [4.78, 5) is 15.4. The molecule has 1 atom stereocenters. The van der Waals surface area contributed by atoms with Crippen LogP contribution in [0, 0.1) is 5.82 Å². The minimum atomic E-state index is -0.632. The summed E-state index contributed by atoms with van der Waals surface area (Å²) in [6.45, 7) is 1.62. The van der Waals surface area contributed by atoms with Crippen molar-refractivity contribution in [2.45, 2.75) is 18.9 Å². The van der Waals surface area contributed by atoms with Crippen LogP contribution < -0.4 is 16.4 Å². The van der Waals surface area contributed by atoms with E-state index in [1.54, 1.807) is 0 Å². The number of amides is 1. The number of anilines is 2. The summed E-state index contributed by atoms with van der Waals surface area (Å²) < 4.78 is 14.2. The van der Waals surface area contributed by atoms with Crippen molar-refractivity contribution in [3.05, 3.63) is 23.5 Å². The second kappa shape index (κ2) is 5.66. The molecule has 1 aliphatic rings. The maximum Gasteiger partial charge on any atom is 0.250 e. The van der Waals surface area contributed by atoms with Gasteiger partial charge in [-0.25, -0.2) is 4.39 Å². The number of nitrogen functional groups attached to an aromatic ring is 1. The van der Waals surface area contributed by atoms with Gasteiger partial charge >= 0.3 is 0 Å². The van der Waals surface area contributed by atoms with E-state index in [0.29, 0.717) is 5.69 Å². The molecule has 6 heteroatoms. The molecule has 0 saturated carbocycles. The Morgan fingerprint density at radius 1 is 1.50 bits per heavy atom. The molecule has 0 aromatic heterocycles. The van der Waals surface area contributed by atoms with E-state index in [0.717, 1.165) is 25.9 Å². The van der Waals surface area contributed by atoms with Gasteiger partial charge in [-0.1, -0.05) is 0 Å². The number of carbonyl (C=O) groups is 1. The van der Waals surface area contributed by atoms with Crippen molar-refractivity contribution in [2.75, 3.05) is 37.8 Å². The quantitative estimate of drug-likeness (QED) is 0.808. The highest BCUT2D eigenvalue weighted by Gasteiger charge is 2.28. The van der Waals surface area contributed by atoms with Crippen LogP contribution in [0.1, 0.15) is 23.2 Å². The molecule has 4 N–H and O–H groups in total. The molecule has 110 valence electrons. The van der Waals surface area contributed by atoms with Crippen LogP contribution in [0.25, 0.3) is 0 Å². The van der Waals surface area contributed by atoms with Gasteiger partial charge in [-0.3, -0.25) is 4.79 Å². The third-order valence-corrected chi connectivity index (χ3v) is 3.65. The van der Waals surface area contributed by atoms with Gasteiger partial charge in [0.15, 0.2) is 0 Å². The third-order valence-electron chi connectivity index (χ3n) is 3.65. The summed E-state index contributed by atoms with van der Waals surface area (Å²) in [6.07, 6.45) is 2.02. The molecule has 0 bridgehead atoms. The summed E-state index contributed by atoms with van der Waals surface area (Å²) in [5.74, 6) is -1.04. The van der Waals surface area contributed by atoms with Crippen LogP contribution in [-0.4, -0.2) is 44.0 Å². The summed E-state index contributed by atoms with van der Waals surface area (Å²) >= 11 is 0. The number of hydrogen-bond donors (Lipinski definition) is 2. The van der Waals surface area contributed by atoms with Crippen LogP contribution in [0.5, 0.6) is 0 Å². The van der Waals surface area contributed by atoms with E-state index >= 15 is 0 Å². The fraction of sp³-hybridized carbons (Fsp3) is 0.500. The second-order valence-electron chi connectivity index (χ2n) is 5.51. The second-order valence-corrected chi connectivity index (χ2v) is 5.51. The summed E-state index contributed by atoms with van der Waals surface area (Å²) in [7, 11) is 3.98. The van der Waals surface area contributed by atoms with Crippen molar-refractivity contribution in [2.24, 2.45) is 5.73 Å². The van der Waals surface area contributed by atoms with E-state index in [2.05, 4.69) is 4.90 Å². The molecule has 1 aliphatic heterocycles. The number of nitrogens with zero attached hydrogens (tertiary/aromatic N) is 2. The Hall–Kier alpha value is -1.82. The van der Waals surface area contributed by atoms with Crippen molar-refractivity contribution >= 4 is 17.3 Å².